The molecule has 0 atom stereocenters. The van der Waals surface area contributed by atoms with Crippen LogP contribution in [0.3, 0.4) is 0 Å². The van der Waals surface area contributed by atoms with Crippen LogP contribution in [0.4, 0.5) is 0 Å². The van der Waals surface area contributed by atoms with E-state index in [1.165, 1.54) is 4.68 Å². The molecule has 1 aromatic heterocycles. The number of rotatable bonds is 4. The lowest BCUT2D eigenvalue weighted by molar-refractivity contribution is -0.123. The molecule has 0 saturated carbocycles. The van der Waals surface area contributed by atoms with Crippen molar-refractivity contribution >= 4 is 22.6 Å². The average Bonchev–Trinajstić information content (AvgIpc) is 2.76. The molecule has 0 spiro atoms. The van der Waals surface area contributed by atoms with Crippen molar-refractivity contribution in [2.45, 2.75) is 19.4 Å². The number of likely N-dealkylation sites (tertiary alicyclic amines) is 1. The zero-order valence-electron chi connectivity index (χ0n) is 16.0. The Labute approximate surface area is 167 Å². The van der Waals surface area contributed by atoms with E-state index in [0.717, 1.165) is 5.56 Å². The zero-order valence-corrected chi connectivity index (χ0v) is 16.0. The van der Waals surface area contributed by atoms with Gasteiger partial charge in [0.25, 0.3) is 11.5 Å². The summed E-state index contributed by atoms with van der Waals surface area (Å²) in [7, 11) is 0. The Hall–Kier alpha value is -3.48. The van der Waals surface area contributed by atoms with E-state index in [-0.39, 0.29) is 35.5 Å². The van der Waals surface area contributed by atoms with Crippen molar-refractivity contribution < 1.29 is 9.59 Å². The number of nitrogens with two attached hydrogens (primary N) is 1. The van der Waals surface area contributed by atoms with Gasteiger partial charge in [-0.25, -0.2) is 4.68 Å². The highest BCUT2D eigenvalue weighted by atomic mass is 16.2. The lowest BCUT2D eigenvalue weighted by Gasteiger charge is -2.30. The molecule has 0 bridgehead atoms. The molecule has 1 fully saturated rings. The molecule has 2 amide bonds. The van der Waals surface area contributed by atoms with Crippen LogP contribution in [0.2, 0.25) is 0 Å². The fourth-order valence-corrected chi connectivity index (χ4v) is 3.77. The molecule has 4 rings (SSSR count). The minimum absolute atomic E-state index is 0.198. The Bertz CT molecular complexity index is 1120. The largest absolute Gasteiger partial charge is 0.369 e. The van der Waals surface area contributed by atoms with Gasteiger partial charge < -0.3 is 10.6 Å². The second-order valence-electron chi connectivity index (χ2n) is 7.31. The smallest absolute Gasteiger partial charge is 0.274 e. The lowest BCUT2D eigenvalue weighted by atomic mass is 9.96. The summed E-state index contributed by atoms with van der Waals surface area (Å²) >= 11 is 0. The summed E-state index contributed by atoms with van der Waals surface area (Å²) in [4.78, 5) is 39.2. The number of nitrogens with zero attached hydrogens (tertiary/aromatic N) is 3. The predicted molar refractivity (Wildman–Crippen MR) is 109 cm³/mol. The zero-order chi connectivity index (χ0) is 20.4. The van der Waals surface area contributed by atoms with Gasteiger partial charge in [-0.15, -0.1) is 0 Å². The number of hydrogen-bond acceptors (Lipinski definition) is 4. The molecule has 0 radical (unpaired) electrons. The highest BCUT2D eigenvalue weighted by molar-refractivity contribution is 6.04. The Morgan fingerprint density at radius 1 is 0.966 bits per heavy atom. The molecule has 2 heterocycles. The summed E-state index contributed by atoms with van der Waals surface area (Å²) in [5.41, 5.74) is 6.35. The molecule has 0 unspecified atom stereocenters. The van der Waals surface area contributed by atoms with Gasteiger partial charge in [-0.3, -0.25) is 14.4 Å². The van der Waals surface area contributed by atoms with Crippen molar-refractivity contribution in [2.75, 3.05) is 13.1 Å². The van der Waals surface area contributed by atoms with E-state index in [2.05, 4.69) is 5.10 Å². The summed E-state index contributed by atoms with van der Waals surface area (Å²) in [5, 5.41) is 5.46. The van der Waals surface area contributed by atoms with E-state index in [1.807, 2.05) is 30.3 Å². The number of carbonyl (C=O) groups is 2. The number of benzene rings is 2. The van der Waals surface area contributed by atoms with Crippen LogP contribution < -0.4 is 11.3 Å². The third-order valence-corrected chi connectivity index (χ3v) is 5.43. The molecule has 7 nitrogen and oxygen atoms in total. The Balaban J connectivity index is 1.72. The molecule has 1 saturated heterocycles. The minimum Gasteiger partial charge on any atom is -0.369 e. The molecule has 2 N–H and O–H groups in total. The number of aromatic nitrogens is 2. The molecule has 2 aromatic carbocycles. The van der Waals surface area contributed by atoms with Gasteiger partial charge in [0.2, 0.25) is 5.91 Å². The summed E-state index contributed by atoms with van der Waals surface area (Å²) in [5.74, 6) is -0.751. The second kappa shape index (κ2) is 7.87. The van der Waals surface area contributed by atoms with Crippen LogP contribution in [-0.2, 0) is 11.3 Å². The second-order valence-corrected chi connectivity index (χ2v) is 7.31. The first kappa shape index (κ1) is 18.9. The van der Waals surface area contributed by atoms with Crippen LogP contribution in [0.15, 0.2) is 59.4 Å². The SMILES string of the molecule is NC(=O)C1CCN(C(=O)c2nn(Cc3ccccc3)c(=O)c3ccccc23)CC1. The van der Waals surface area contributed by atoms with E-state index >= 15 is 0 Å². The van der Waals surface area contributed by atoms with Gasteiger partial charge in [0.05, 0.1) is 11.9 Å². The van der Waals surface area contributed by atoms with Gasteiger partial charge in [-0.1, -0.05) is 48.5 Å². The first-order chi connectivity index (χ1) is 14.0. The standard InChI is InChI=1S/C22H22N4O3/c23-20(27)16-10-12-25(13-11-16)22(29)19-17-8-4-5-9-18(17)21(28)26(24-19)14-15-6-2-1-3-7-15/h1-9,16H,10-14H2,(H2,23,27). The Morgan fingerprint density at radius 2 is 1.59 bits per heavy atom. The first-order valence-corrected chi connectivity index (χ1v) is 9.67. The molecule has 29 heavy (non-hydrogen) atoms. The molecule has 0 aliphatic carbocycles. The van der Waals surface area contributed by atoms with Crippen molar-refractivity contribution in [1.29, 1.82) is 0 Å². The quantitative estimate of drug-likeness (QED) is 0.734. The molecular formula is C22H22N4O3. The highest BCUT2D eigenvalue weighted by Gasteiger charge is 2.28. The molecule has 3 aromatic rings. The number of fused-ring (bicyclic) bond motifs is 1. The maximum Gasteiger partial charge on any atom is 0.274 e. The number of amides is 2. The summed E-state index contributed by atoms with van der Waals surface area (Å²) < 4.78 is 1.35. The van der Waals surface area contributed by atoms with E-state index in [9.17, 15) is 14.4 Å². The van der Waals surface area contributed by atoms with Crippen LogP contribution in [0, 0.1) is 5.92 Å². The van der Waals surface area contributed by atoms with Crippen molar-refractivity contribution in [2.24, 2.45) is 11.7 Å². The summed E-state index contributed by atoms with van der Waals surface area (Å²) in [6, 6.07) is 16.6. The van der Waals surface area contributed by atoms with Crippen LogP contribution in [0.5, 0.6) is 0 Å². The van der Waals surface area contributed by atoms with Crippen LogP contribution >= 0.6 is 0 Å². The lowest BCUT2D eigenvalue weighted by Crippen LogP contribution is -2.42. The maximum atomic E-state index is 13.2. The average molecular weight is 390 g/mol. The van der Waals surface area contributed by atoms with Gasteiger partial charge >= 0.3 is 0 Å². The summed E-state index contributed by atoms with van der Waals surface area (Å²) in [6.45, 7) is 1.18. The van der Waals surface area contributed by atoms with Gasteiger partial charge in [0.15, 0.2) is 5.69 Å². The number of primary amides is 1. The van der Waals surface area contributed by atoms with Gasteiger partial charge in [0.1, 0.15) is 0 Å². The first-order valence-electron chi connectivity index (χ1n) is 9.67. The molecular weight excluding hydrogens is 368 g/mol. The minimum atomic E-state index is -0.322. The Morgan fingerprint density at radius 3 is 2.24 bits per heavy atom. The topological polar surface area (TPSA) is 98.3 Å². The fourth-order valence-electron chi connectivity index (χ4n) is 3.77. The van der Waals surface area contributed by atoms with E-state index in [4.69, 9.17) is 5.73 Å². The van der Waals surface area contributed by atoms with E-state index in [1.54, 1.807) is 29.2 Å². The van der Waals surface area contributed by atoms with Gasteiger partial charge in [0, 0.05) is 24.4 Å². The van der Waals surface area contributed by atoms with Gasteiger partial charge in [-0.2, -0.15) is 5.10 Å². The molecule has 1 aliphatic heterocycles. The normalized spacial score (nSPS) is 14.8. The fraction of sp³-hybridized carbons (Fsp3) is 0.273. The number of hydrogen-bond donors (Lipinski definition) is 1. The van der Waals surface area contributed by atoms with E-state index in [0.29, 0.717) is 36.7 Å². The summed E-state index contributed by atoms with van der Waals surface area (Å²) in [6.07, 6.45) is 1.09. The van der Waals surface area contributed by atoms with Crippen molar-refractivity contribution in [3.63, 3.8) is 0 Å². The van der Waals surface area contributed by atoms with Crippen molar-refractivity contribution in [3.8, 4) is 0 Å². The molecule has 1 aliphatic rings. The monoisotopic (exact) mass is 390 g/mol. The molecule has 7 heteroatoms. The maximum absolute atomic E-state index is 13.2. The number of carbonyl (C=O) groups excluding carboxylic acids is 2. The highest BCUT2D eigenvalue weighted by Crippen LogP contribution is 2.21. The van der Waals surface area contributed by atoms with Crippen LogP contribution in [0.25, 0.3) is 10.8 Å². The Kier molecular flexibility index (Phi) is 5.12. The van der Waals surface area contributed by atoms with Crippen molar-refractivity contribution in [3.05, 3.63) is 76.2 Å². The third kappa shape index (κ3) is 3.76. The van der Waals surface area contributed by atoms with Gasteiger partial charge in [-0.05, 0) is 24.5 Å². The van der Waals surface area contributed by atoms with Crippen LogP contribution in [0.1, 0.15) is 28.9 Å². The third-order valence-electron chi connectivity index (χ3n) is 5.43. The number of piperidine rings is 1. The molecule has 148 valence electrons. The van der Waals surface area contributed by atoms with Crippen LogP contribution in [-0.4, -0.2) is 39.6 Å². The van der Waals surface area contributed by atoms with Crippen molar-refractivity contribution in [1.82, 2.24) is 14.7 Å². The van der Waals surface area contributed by atoms with E-state index < -0.39 is 0 Å². The predicted octanol–water partition coefficient (Wildman–Crippen LogP) is 1.78.